The average Bonchev–Trinajstić information content (AvgIpc) is 2.14. The topological polar surface area (TPSA) is 53.5 Å². The van der Waals surface area contributed by atoms with Crippen molar-refractivity contribution in [3.05, 3.63) is 5.53 Å². The molecule has 0 radical (unpaired) electrons. The molecule has 0 N–H and O–H groups in total. The third-order valence-corrected chi connectivity index (χ3v) is 2.14. The van der Waals surface area contributed by atoms with Crippen molar-refractivity contribution in [1.82, 2.24) is 0 Å². The predicted molar refractivity (Wildman–Crippen MR) is 31.4 cm³/mol. The van der Waals surface area contributed by atoms with Crippen LogP contribution in [0.2, 0.25) is 0 Å². The lowest BCUT2D eigenvalue weighted by Crippen LogP contribution is -2.01. The zero-order valence-electron chi connectivity index (χ0n) is 4.22. The molecular formula is C4H5N2OP. The van der Waals surface area contributed by atoms with Crippen molar-refractivity contribution < 1.29 is 9.58 Å². The molecule has 1 atom stereocenters. The second kappa shape index (κ2) is 2.17. The van der Waals surface area contributed by atoms with E-state index in [1.165, 1.54) is 0 Å². The van der Waals surface area contributed by atoms with E-state index in [4.69, 9.17) is 5.53 Å². The first-order chi connectivity index (χ1) is 3.84. The minimum atomic E-state index is 0.0208. The van der Waals surface area contributed by atoms with Gasteiger partial charge in [0.05, 0.1) is 6.42 Å². The van der Waals surface area contributed by atoms with Crippen LogP contribution in [0.5, 0.6) is 0 Å². The van der Waals surface area contributed by atoms with Crippen LogP contribution in [0.1, 0.15) is 6.42 Å². The van der Waals surface area contributed by atoms with Gasteiger partial charge in [0.1, 0.15) is 0 Å². The van der Waals surface area contributed by atoms with Gasteiger partial charge in [-0.25, -0.2) is 0 Å². The Morgan fingerprint density at radius 3 is 2.75 bits per heavy atom. The lowest BCUT2D eigenvalue weighted by molar-refractivity contribution is -0.109. The standard InChI is InChI=1S/C4H5N2OP/c5-6-3-1-2-8-4(3)7/h8H,1-2H2. The molecule has 1 saturated heterocycles. The Kier molecular flexibility index (Phi) is 1.52. The number of hydrogen-bond acceptors (Lipinski definition) is 1. The molecule has 0 saturated carbocycles. The van der Waals surface area contributed by atoms with Crippen molar-refractivity contribution >= 4 is 19.8 Å². The number of rotatable bonds is 0. The Balaban J connectivity index is 2.84. The molecule has 8 heavy (non-hydrogen) atoms. The van der Waals surface area contributed by atoms with Gasteiger partial charge in [0.25, 0.3) is 5.52 Å². The number of hydrogen-bond donors (Lipinski definition) is 0. The monoisotopic (exact) mass is 128 g/mol. The third kappa shape index (κ3) is 0.835. The summed E-state index contributed by atoms with van der Waals surface area (Å²) in [7, 11) is 0.340. The van der Waals surface area contributed by atoms with E-state index >= 15 is 0 Å². The fraction of sp³-hybridized carbons (Fsp3) is 0.500. The summed E-state index contributed by atoms with van der Waals surface area (Å²) in [5.74, 6) is 0. The Bertz CT molecular complexity index is 171. The maximum absolute atomic E-state index is 10.5. The summed E-state index contributed by atoms with van der Waals surface area (Å²) in [5.41, 5.74) is 8.48. The Morgan fingerprint density at radius 2 is 2.50 bits per heavy atom. The van der Waals surface area contributed by atoms with Gasteiger partial charge in [-0.05, 0) is 14.7 Å². The van der Waals surface area contributed by atoms with Crippen LogP contribution in [0, 0.1) is 0 Å². The molecule has 0 spiro atoms. The van der Waals surface area contributed by atoms with Crippen molar-refractivity contribution in [2.75, 3.05) is 6.16 Å². The highest BCUT2D eigenvalue weighted by molar-refractivity contribution is 7.62. The van der Waals surface area contributed by atoms with Gasteiger partial charge >= 0.3 is 5.71 Å². The lowest BCUT2D eigenvalue weighted by Gasteiger charge is -1.69. The molecule has 1 unspecified atom stereocenters. The zero-order chi connectivity index (χ0) is 5.98. The fourth-order valence-electron chi connectivity index (χ4n) is 0.605. The molecule has 0 aromatic carbocycles. The molecule has 1 rings (SSSR count). The second-order valence-electron chi connectivity index (χ2n) is 1.55. The van der Waals surface area contributed by atoms with Gasteiger partial charge in [-0.15, -0.1) is 0 Å². The van der Waals surface area contributed by atoms with Crippen LogP contribution in [-0.4, -0.2) is 22.2 Å². The first-order valence-electron chi connectivity index (χ1n) is 2.33. The van der Waals surface area contributed by atoms with E-state index in [9.17, 15) is 4.79 Å². The maximum atomic E-state index is 10.5. The molecule has 0 aromatic heterocycles. The predicted octanol–water partition coefficient (Wildman–Crippen LogP) is 0.266. The molecule has 4 heteroatoms. The average molecular weight is 128 g/mol. The van der Waals surface area contributed by atoms with Gasteiger partial charge < -0.3 is 5.53 Å². The normalized spacial score (nSPS) is 22.0. The molecular weight excluding hydrogens is 123 g/mol. The van der Waals surface area contributed by atoms with Crippen LogP contribution in [0.4, 0.5) is 0 Å². The van der Waals surface area contributed by atoms with Crippen LogP contribution >= 0.6 is 8.58 Å². The largest absolute Gasteiger partial charge is 0.361 e. The van der Waals surface area contributed by atoms with Crippen LogP contribution in [0.25, 0.3) is 5.53 Å². The quantitative estimate of drug-likeness (QED) is 0.262. The first kappa shape index (κ1) is 5.61. The summed E-state index contributed by atoms with van der Waals surface area (Å²) in [6.45, 7) is 0. The molecule has 0 amide bonds. The minimum Gasteiger partial charge on any atom is -0.361 e. The van der Waals surface area contributed by atoms with E-state index in [0.717, 1.165) is 6.16 Å². The maximum Gasteiger partial charge on any atom is 0.338 e. The highest BCUT2D eigenvalue weighted by Gasteiger charge is 2.25. The van der Waals surface area contributed by atoms with E-state index in [1.54, 1.807) is 0 Å². The third-order valence-electron chi connectivity index (χ3n) is 1.03. The molecule has 3 nitrogen and oxygen atoms in total. The molecule has 1 heterocycles. The Labute approximate surface area is 48.5 Å². The van der Waals surface area contributed by atoms with E-state index < -0.39 is 0 Å². The highest BCUT2D eigenvalue weighted by Crippen LogP contribution is 2.21. The van der Waals surface area contributed by atoms with Gasteiger partial charge in [0.2, 0.25) is 0 Å². The summed E-state index contributed by atoms with van der Waals surface area (Å²) in [6, 6.07) is 0. The van der Waals surface area contributed by atoms with E-state index in [2.05, 4.69) is 4.79 Å². The van der Waals surface area contributed by atoms with Crippen LogP contribution < -0.4 is 0 Å². The number of nitrogens with zero attached hydrogens (tertiary/aromatic N) is 2. The van der Waals surface area contributed by atoms with Gasteiger partial charge in [-0.2, -0.15) is 4.79 Å². The molecule has 0 aromatic rings. The molecule has 1 fully saturated rings. The van der Waals surface area contributed by atoms with Crippen molar-refractivity contribution in [3.8, 4) is 0 Å². The molecule has 1 aliphatic rings. The highest BCUT2D eigenvalue weighted by atomic mass is 31.1. The summed E-state index contributed by atoms with van der Waals surface area (Å²) in [6.07, 6.45) is 1.53. The van der Waals surface area contributed by atoms with E-state index in [1.807, 2.05) is 0 Å². The molecule has 1 aliphatic heterocycles. The minimum absolute atomic E-state index is 0.0208. The van der Waals surface area contributed by atoms with E-state index in [-0.39, 0.29) is 5.52 Å². The molecule has 0 aliphatic carbocycles. The summed E-state index contributed by atoms with van der Waals surface area (Å²) >= 11 is 0. The summed E-state index contributed by atoms with van der Waals surface area (Å²) < 4.78 is 0. The SMILES string of the molecule is [N-]=[N+]=C1CCPC1=O. The second-order valence-corrected chi connectivity index (χ2v) is 2.86. The van der Waals surface area contributed by atoms with Crippen LogP contribution in [0.15, 0.2) is 0 Å². The van der Waals surface area contributed by atoms with E-state index in [0.29, 0.717) is 20.7 Å². The van der Waals surface area contributed by atoms with Crippen molar-refractivity contribution in [1.29, 1.82) is 0 Å². The van der Waals surface area contributed by atoms with Crippen LogP contribution in [-0.2, 0) is 4.79 Å². The van der Waals surface area contributed by atoms with Gasteiger partial charge in [0.15, 0.2) is 0 Å². The summed E-state index contributed by atoms with van der Waals surface area (Å²) in [5, 5.41) is 0. The van der Waals surface area contributed by atoms with Gasteiger partial charge in [0, 0.05) is 0 Å². The fourth-order valence-corrected chi connectivity index (χ4v) is 1.57. The van der Waals surface area contributed by atoms with Gasteiger partial charge in [-0.3, -0.25) is 4.79 Å². The van der Waals surface area contributed by atoms with Crippen molar-refractivity contribution in [2.24, 2.45) is 0 Å². The molecule has 42 valence electrons. The Morgan fingerprint density at radius 1 is 1.75 bits per heavy atom. The van der Waals surface area contributed by atoms with Gasteiger partial charge in [-0.1, -0.05) is 0 Å². The lowest BCUT2D eigenvalue weighted by atomic mass is 10.3. The Hall–Kier alpha value is -0.520. The van der Waals surface area contributed by atoms with Crippen molar-refractivity contribution in [3.63, 3.8) is 0 Å². The van der Waals surface area contributed by atoms with Crippen molar-refractivity contribution in [2.45, 2.75) is 6.42 Å². The number of carbonyl (C=O) groups is 1. The smallest absolute Gasteiger partial charge is 0.338 e. The zero-order valence-corrected chi connectivity index (χ0v) is 5.22. The van der Waals surface area contributed by atoms with Crippen LogP contribution in [0.3, 0.4) is 0 Å². The summed E-state index contributed by atoms with van der Waals surface area (Å²) in [4.78, 5) is 13.4. The molecule has 0 bridgehead atoms. The number of carbonyl (C=O) groups excluding carboxylic acids is 1. The first-order valence-corrected chi connectivity index (χ1v) is 3.54.